The van der Waals surface area contributed by atoms with Gasteiger partial charge < -0.3 is 19.1 Å². The molecule has 2 aromatic rings. The van der Waals surface area contributed by atoms with Gasteiger partial charge in [-0.15, -0.1) is 22.7 Å². The van der Waals surface area contributed by atoms with Crippen molar-refractivity contribution in [2.45, 2.75) is 64.8 Å². The van der Waals surface area contributed by atoms with E-state index in [1.54, 1.807) is 11.3 Å². The number of thiophene rings is 2. The number of piperidine rings is 1. The summed E-state index contributed by atoms with van der Waals surface area (Å²) in [5.41, 5.74) is -0.416. The van der Waals surface area contributed by atoms with Crippen molar-refractivity contribution in [3.05, 3.63) is 21.9 Å². The molecule has 0 radical (unpaired) electrons. The van der Waals surface area contributed by atoms with Crippen LogP contribution in [0.3, 0.4) is 0 Å². The average molecular weight is 438 g/mol. The Morgan fingerprint density at radius 3 is 2.55 bits per heavy atom. The van der Waals surface area contributed by atoms with Crippen molar-refractivity contribution < 1.29 is 19.0 Å². The number of amides is 1. The van der Waals surface area contributed by atoms with Crippen LogP contribution in [0, 0.1) is 5.92 Å². The van der Waals surface area contributed by atoms with E-state index in [2.05, 4.69) is 12.1 Å². The van der Waals surface area contributed by atoms with Gasteiger partial charge in [0.1, 0.15) is 5.60 Å². The average Bonchev–Trinajstić information content (AvgIpc) is 3.36. The molecule has 2 aromatic heterocycles. The van der Waals surface area contributed by atoms with Gasteiger partial charge in [0.25, 0.3) is 0 Å². The van der Waals surface area contributed by atoms with E-state index >= 15 is 0 Å². The van der Waals surface area contributed by atoms with Gasteiger partial charge in [0.15, 0.2) is 6.29 Å². The van der Waals surface area contributed by atoms with E-state index in [0.29, 0.717) is 13.2 Å². The van der Waals surface area contributed by atoms with Crippen LogP contribution in [0.4, 0.5) is 4.79 Å². The zero-order valence-electron chi connectivity index (χ0n) is 17.6. The van der Waals surface area contributed by atoms with E-state index in [9.17, 15) is 4.79 Å². The quantitative estimate of drug-likeness (QED) is 0.577. The van der Waals surface area contributed by atoms with Gasteiger partial charge in [-0.25, -0.2) is 4.79 Å². The lowest BCUT2D eigenvalue weighted by molar-refractivity contribution is -0.0412. The van der Waals surface area contributed by atoms with Crippen LogP contribution in [0.15, 0.2) is 12.1 Å². The van der Waals surface area contributed by atoms with Gasteiger partial charge in [0, 0.05) is 23.4 Å². The lowest BCUT2D eigenvalue weighted by Gasteiger charge is -2.33. The molecule has 1 amide bonds. The maximum absolute atomic E-state index is 12.2. The number of nitrogens with zero attached hydrogens (tertiary/aromatic N) is 1. The molecular weight excluding hydrogens is 406 g/mol. The van der Waals surface area contributed by atoms with Crippen molar-refractivity contribution in [2.24, 2.45) is 5.92 Å². The molecular formula is C22H31NO4S2. The summed E-state index contributed by atoms with van der Waals surface area (Å²) >= 11 is 3.71. The summed E-state index contributed by atoms with van der Waals surface area (Å²) in [7, 11) is 0. The number of fused-ring (bicyclic) bond motifs is 1. The minimum absolute atomic E-state index is 0.158. The molecule has 29 heavy (non-hydrogen) atoms. The number of carbonyl (C=O) groups is 1. The highest BCUT2D eigenvalue weighted by Crippen LogP contribution is 2.39. The van der Waals surface area contributed by atoms with Gasteiger partial charge in [-0.2, -0.15) is 0 Å². The minimum Gasteiger partial charge on any atom is -0.444 e. The second kappa shape index (κ2) is 8.92. The predicted octanol–water partition coefficient (Wildman–Crippen LogP) is 5.98. The van der Waals surface area contributed by atoms with E-state index in [0.717, 1.165) is 38.3 Å². The fourth-order valence-corrected chi connectivity index (χ4v) is 6.52. The SMILES string of the molecule is CC(C)(C)OC(=O)N1CCC(CCCc2cc3cc(C4OCCO4)sc3s2)CC1. The first kappa shape index (κ1) is 21.1. The molecule has 0 aromatic carbocycles. The molecule has 0 atom stereocenters. The summed E-state index contributed by atoms with van der Waals surface area (Å²) < 4.78 is 18.1. The van der Waals surface area contributed by atoms with Crippen LogP contribution in [0.1, 0.15) is 62.5 Å². The first-order valence-corrected chi connectivity index (χ1v) is 12.2. The molecule has 4 heterocycles. The number of likely N-dealkylation sites (tertiary alicyclic amines) is 1. The van der Waals surface area contributed by atoms with Crippen molar-refractivity contribution in [3.8, 4) is 0 Å². The summed E-state index contributed by atoms with van der Waals surface area (Å²) in [6.07, 6.45) is 5.45. The molecule has 7 heteroatoms. The molecule has 160 valence electrons. The van der Waals surface area contributed by atoms with Crippen LogP contribution in [0.25, 0.3) is 9.40 Å². The second-order valence-corrected chi connectivity index (χ2v) is 11.5. The lowest BCUT2D eigenvalue weighted by atomic mass is 9.91. The van der Waals surface area contributed by atoms with E-state index < -0.39 is 5.60 Å². The van der Waals surface area contributed by atoms with Crippen molar-refractivity contribution in [3.63, 3.8) is 0 Å². The van der Waals surface area contributed by atoms with Gasteiger partial charge in [-0.3, -0.25) is 0 Å². The fourth-order valence-electron chi connectivity index (χ4n) is 3.97. The molecule has 0 saturated carbocycles. The number of rotatable bonds is 5. The maximum atomic E-state index is 12.2. The molecule has 0 aliphatic carbocycles. The number of hydrogen-bond donors (Lipinski definition) is 0. The summed E-state index contributed by atoms with van der Waals surface area (Å²) in [5.74, 6) is 0.720. The fraction of sp³-hybridized carbons (Fsp3) is 0.682. The van der Waals surface area contributed by atoms with Crippen LogP contribution < -0.4 is 0 Å². The Balaban J connectivity index is 1.20. The standard InChI is InChI=1S/C22H31NO4S2/c1-22(2,3)27-21(24)23-9-7-15(8-10-23)5-4-6-17-13-16-14-18(29-20(16)28-17)19-25-11-12-26-19/h13-15,19H,4-12H2,1-3H3. The molecule has 2 saturated heterocycles. The molecule has 0 bridgehead atoms. The highest BCUT2D eigenvalue weighted by atomic mass is 32.2. The normalized spacial score (nSPS) is 19.3. The van der Waals surface area contributed by atoms with E-state index in [-0.39, 0.29) is 12.4 Å². The van der Waals surface area contributed by atoms with Crippen LogP contribution in [-0.4, -0.2) is 42.9 Å². The Hall–Kier alpha value is -1.15. The van der Waals surface area contributed by atoms with Gasteiger partial charge in [0.2, 0.25) is 0 Å². The molecule has 4 rings (SSSR count). The first-order chi connectivity index (χ1) is 13.9. The third-order valence-electron chi connectivity index (χ3n) is 5.44. The second-order valence-electron chi connectivity index (χ2n) is 8.98. The molecule has 0 spiro atoms. The zero-order chi connectivity index (χ0) is 20.4. The molecule has 5 nitrogen and oxygen atoms in total. The summed E-state index contributed by atoms with van der Waals surface area (Å²) in [5, 5.41) is 1.33. The molecule has 0 unspecified atom stereocenters. The minimum atomic E-state index is -0.416. The predicted molar refractivity (Wildman–Crippen MR) is 118 cm³/mol. The number of ether oxygens (including phenoxy) is 3. The Bertz CT molecular complexity index is 792. The van der Waals surface area contributed by atoms with Crippen molar-refractivity contribution in [1.82, 2.24) is 4.90 Å². The molecule has 2 fully saturated rings. The van der Waals surface area contributed by atoms with E-state index in [1.807, 2.05) is 37.0 Å². The summed E-state index contributed by atoms with van der Waals surface area (Å²) in [6.45, 7) is 8.79. The highest BCUT2D eigenvalue weighted by Gasteiger charge is 2.26. The molecule has 2 aliphatic heterocycles. The Kier molecular flexibility index (Phi) is 6.49. The monoisotopic (exact) mass is 437 g/mol. The Labute approximate surface area is 180 Å². The highest BCUT2D eigenvalue weighted by molar-refractivity contribution is 7.38. The first-order valence-electron chi connectivity index (χ1n) is 10.6. The lowest BCUT2D eigenvalue weighted by Crippen LogP contribution is -2.41. The summed E-state index contributed by atoms with van der Waals surface area (Å²) in [6, 6.07) is 4.56. The third-order valence-corrected chi connectivity index (χ3v) is 7.91. The van der Waals surface area contributed by atoms with Gasteiger partial charge in [-0.1, -0.05) is 0 Å². The van der Waals surface area contributed by atoms with Crippen molar-refractivity contribution in [1.29, 1.82) is 0 Å². The largest absolute Gasteiger partial charge is 0.444 e. The molecule has 0 N–H and O–H groups in total. The van der Waals surface area contributed by atoms with Crippen molar-refractivity contribution in [2.75, 3.05) is 26.3 Å². The van der Waals surface area contributed by atoms with E-state index in [1.165, 1.54) is 32.0 Å². The van der Waals surface area contributed by atoms with E-state index in [4.69, 9.17) is 14.2 Å². The Morgan fingerprint density at radius 2 is 1.90 bits per heavy atom. The van der Waals surface area contributed by atoms with Crippen LogP contribution in [-0.2, 0) is 20.6 Å². The van der Waals surface area contributed by atoms with Crippen molar-refractivity contribution >= 4 is 38.2 Å². The smallest absolute Gasteiger partial charge is 0.410 e. The maximum Gasteiger partial charge on any atom is 0.410 e. The topological polar surface area (TPSA) is 48.0 Å². The van der Waals surface area contributed by atoms with Crippen LogP contribution >= 0.6 is 22.7 Å². The number of carbonyl (C=O) groups excluding carboxylic acids is 1. The Morgan fingerprint density at radius 1 is 1.17 bits per heavy atom. The van der Waals surface area contributed by atoms with Gasteiger partial charge in [0.05, 0.1) is 22.1 Å². The molecule has 2 aliphatic rings. The van der Waals surface area contributed by atoms with Gasteiger partial charge >= 0.3 is 6.09 Å². The third kappa shape index (κ3) is 5.51. The number of hydrogen-bond acceptors (Lipinski definition) is 6. The summed E-state index contributed by atoms with van der Waals surface area (Å²) in [4.78, 5) is 16.7. The van der Waals surface area contributed by atoms with Gasteiger partial charge in [-0.05, 0) is 70.9 Å². The number of aryl methyl sites for hydroxylation is 1. The van der Waals surface area contributed by atoms with Crippen LogP contribution in [0.5, 0.6) is 0 Å². The van der Waals surface area contributed by atoms with Crippen LogP contribution in [0.2, 0.25) is 0 Å². The zero-order valence-corrected chi connectivity index (χ0v) is 19.2.